The van der Waals surface area contributed by atoms with Gasteiger partial charge in [-0.05, 0) is 50.3 Å². The summed E-state index contributed by atoms with van der Waals surface area (Å²) in [5.74, 6) is -1.25. The summed E-state index contributed by atoms with van der Waals surface area (Å²) in [4.78, 5) is 34.8. The number of esters is 1. The van der Waals surface area contributed by atoms with E-state index in [1.807, 2.05) is 18.2 Å². The monoisotopic (exact) mass is 546 g/mol. The Bertz CT molecular complexity index is 937. The zero-order chi connectivity index (χ0) is 23.8. The first-order chi connectivity index (χ1) is 16.6. The van der Waals surface area contributed by atoms with E-state index in [-0.39, 0.29) is 41.3 Å². The summed E-state index contributed by atoms with van der Waals surface area (Å²) in [6.45, 7) is 1.53. The van der Waals surface area contributed by atoms with Crippen LogP contribution in [0.1, 0.15) is 50.5 Å². The predicted molar refractivity (Wildman–Crippen MR) is 138 cm³/mol. The minimum atomic E-state index is -1.72. The van der Waals surface area contributed by atoms with Gasteiger partial charge in [0, 0.05) is 18.3 Å². The molecule has 4 rings (SSSR count). The molecular formula is C26H35BrN4O4. The van der Waals surface area contributed by atoms with Crippen LogP contribution in [0.15, 0.2) is 48.9 Å². The van der Waals surface area contributed by atoms with Gasteiger partial charge in [0.05, 0.1) is 12.1 Å². The number of aromatic nitrogens is 2. The summed E-state index contributed by atoms with van der Waals surface area (Å²) in [5.41, 5.74) is -1.17. The number of hydrogen-bond donors (Lipinski definition) is 3. The van der Waals surface area contributed by atoms with Crippen LogP contribution in [0.2, 0.25) is 0 Å². The van der Waals surface area contributed by atoms with Gasteiger partial charge in [0.1, 0.15) is 6.61 Å². The molecule has 0 bridgehead atoms. The first kappa shape index (κ1) is 27.2. The van der Waals surface area contributed by atoms with Crippen molar-refractivity contribution >= 4 is 34.7 Å². The quantitative estimate of drug-likeness (QED) is 0.433. The first-order valence-corrected chi connectivity index (χ1v) is 12.3. The molecule has 35 heavy (non-hydrogen) atoms. The molecule has 0 spiro atoms. The molecule has 1 saturated carbocycles. The molecule has 2 atom stereocenters. The average molecular weight is 547 g/mol. The Morgan fingerprint density at radius 2 is 1.80 bits per heavy atom. The number of nitrogens with zero attached hydrogens (tertiary/aromatic N) is 2. The van der Waals surface area contributed by atoms with Crippen LogP contribution in [0.3, 0.4) is 0 Å². The number of halogens is 1. The van der Waals surface area contributed by atoms with E-state index in [0.29, 0.717) is 11.4 Å². The molecule has 1 saturated heterocycles. The maximum absolute atomic E-state index is 13.5. The van der Waals surface area contributed by atoms with Crippen LogP contribution in [0.4, 0.5) is 5.82 Å². The fourth-order valence-corrected chi connectivity index (χ4v) is 5.26. The van der Waals surface area contributed by atoms with Crippen LogP contribution in [0.25, 0.3) is 0 Å². The highest BCUT2D eigenvalue weighted by molar-refractivity contribution is 8.93. The van der Waals surface area contributed by atoms with E-state index in [1.165, 1.54) is 18.6 Å². The Kier molecular flexibility index (Phi) is 10.2. The summed E-state index contributed by atoms with van der Waals surface area (Å²) in [7, 11) is 0. The predicted octanol–water partition coefficient (Wildman–Crippen LogP) is 3.62. The smallest absolute Gasteiger partial charge is 0.343 e. The normalized spacial score (nSPS) is 19.6. The third kappa shape index (κ3) is 6.65. The number of carbonyl (C=O) groups is 2. The van der Waals surface area contributed by atoms with E-state index in [0.717, 1.165) is 58.0 Å². The topological polar surface area (TPSA) is 113 Å². The Morgan fingerprint density at radius 3 is 2.46 bits per heavy atom. The lowest BCUT2D eigenvalue weighted by Gasteiger charge is -2.37. The molecule has 1 aliphatic carbocycles. The van der Waals surface area contributed by atoms with Crippen molar-refractivity contribution in [3.63, 3.8) is 0 Å². The molecule has 190 valence electrons. The molecule has 2 fully saturated rings. The zero-order valence-corrected chi connectivity index (χ0v) is 21.6. The van der Waals surface area contributed by atoms with Gasteiger partial charge in [0.2, 0.25) is 5.91 Å². The van der Waals surface area contributed by atoms with Gasteiger partial charge in [0.15, 0.2) is 11.4 Å². The van der Waals surface area contributed by atoms with Crippen molar-refractivity contribution in [1.29, 1.82) is 0 Å². The molecule has 0 radical (unpaired) electrons. The van der Waals surface area contributed by atoms with E-state index in [9.17, 15) is 14.7 Å². The number of nitrogens with one attached hydrogen (secondary N) is 2. The number of anilines is 1. The van der Waals surface area contributed by atoms with Crippen molar-refractivity contribution in [2.24, 2.45) is 17.8 Å². The number of amides is 1. The van der Waals surface area contributed by atoms with Crippen LogP contribution in [0, 0.1) is 17.8 Å². The molecule has 9 heteroatoms. The number of hydrogen-bond acceptors (Lipinski definition) is 7. The third-order valence-electron chi connectivity index (χ3n) is 7.22. The van der Waals surface area contributed by atoms with Crippen molar-refractivity contribution < 1.29 is 19.4 Å². The van der Waals surface area contributed by atoms with E-state index >= 15 is 0 Å². The van der Waals surface area contributed by atoms with Gasteiger partial charge in [-0.2, -0.15) is 0 Å². The number of carbonyl (C=O) groups excluding carboxylic acids is 2. The molecule has 1 aromatic carbocycles. The lowest BCUT2D eigenvalue weighted by molar-refractivity contribution is -0.177. The van der Waals surface area contributed by atoms with Crippen molar-refractivity contribution in [3.05, 3.63) is 54.5 Å². The molecule has 2 aliphatic rings. The second-order valence-corrected chi connectivity index (χ2v) is 9.34. The number of piperidine rings is 1. The van der Waals surface area contributed by atoms with Crippen molar-refractivity contribution in [2.75, 3.05) is 25.0 Å². The fourth-order valence-electron chi connectivity index (χ4n) is 5.26. The van der Waals surface area contributed by atoms with Gasteiger partial charge in [-0.25, -0.2) is 9.78 Å². The summed E-state index contributed by atoms with van der Waals surface area (Å²) in [5, 5.41) is 17.9. The minimum Gasteiger partial charge on any atom is -0.462 e. The first-order valence-electron chi connectivity index (χ1n) is 12.3. The van der Waals surface area contributed by atoms with Crippen LogP contribution >= 0.6 is 17.0 Å². The van der Waals surface area contributed by atoms with Gasteiger partial charge in [-0.15, -0.1) is 17.0 Å². The minimum absolute atomic E-state index is 0. The highest BCUT2D eigenvalue weighted by Crippen LogP contribution is 2.40. The lowest BCUT2D eigenvalue weighted by Crippen LogP contribution is -2.47. The van der Waals surface area contributed by atoms with Gasteiger partial charge in [0.25, 0.3) is 0 Å². The van der Waals surface area contributed by atoms with Crippen LogP contribution < -0.4 is 10.6 Å². The maximum atomic E-state index is 13.5. The van der Waals surface area contributed by atoms with Crippen molar-refractivity contribution in [3.8, 4) is 0 Å². The van der Waals surface area contributed by atoms with E-state index in [1.54, 1.807) is 12.1 Å². The Balaban J connectivity index is 0.00000342. The van der Waals surface area contributed by atoms with Gasteiger partial charge < -0.3 is 20.5 Å². The highest BCUT2D eigenvalue weighted by atomic mass is 79.9. The van der Waals surface area contributed by atoms with Crippen molar-refractivity contribution in [2.45, 2.75) is 50.5 Å². The standard InChI is InChI=1S/C26H34N4O4.BrH/c31-24(30-23-17-28-15-16-29-23)22(19-11-13-27-14-12-19)18-34-25(32)26(33,20-7-3-1-4-8-20)21-9-5-2-6-10-21;/h1,3-4,7-8,15-17,19,21-22,27,33H,2,5-6,9-14,18H2,(H,29,30,31);1H. The second-order valence-electron chi connectivity index (χ2n) is 9.34. The van der Waals surface area contributed by atoms with E-state index in [4.69, 9.17) is 4.74 Å². The number of aliphatic hydroxyl groups is 1. The van der Waals surface area contributed by atoms with Crippen LogP contribution in [0.5, 0.6) is 0 Å². The van der Waals surface area contributed by atoms with Gasteiger partial charge >= 0.3 is 5.97 Å². The third-order valence-corrected chi connectivity index (χ3v) is 7.22. The average Bonchev–Trinajstić information content (AvgIpc) is 2.90. The van der Waals surface area contributed by atoms with Gasteiger partial charge in [-0.1, -0.05) is 49.6 Å². The van der Waals surface area contributed by atoms with Crippen molar-refractivity contribution in [1.82, 2.24) is 15.3 Å². The molecule has 2 aromatic rings. The fraction of sp³-hybridized carbons (Fsp3) is 0.538. The Labute approximate surface area is 217 Å². The van der Waals surface area contributed by atoms with E-state index in [2.05, 4.69) is 20.6 Å². The highest BCUT2D eigenvalue weighted by Gasteiger charge is 2.47. The lowest BCUT2D eigenvalue weighted by atomic mass is 9.73. The summed E-state index contributed by atoms with van der Waals surface area (Å²) >= 11 is 0. The molecule has 1 amide bonds. The maximum Gasteiger partial charge on any atom is 0.343 e. The summed E-state index contributed by atoms with van der Waals surface area (Å²) in [6, 6.07) is 9.06. The number of ether oxygens (including phenoxy) is 1. The van der Waals surface area contributed by atoms with Gasteiger partial charge in [-0.3, -0.25) is 9.78 Å². The summed E-state index contributed by atoms with van der Waals surface area (Å²) in [6.07, 6.45) is 10.8. The molecule has 3 N–H and O–H groups in total. The second kappa shape index (κ2) is 13.1. The Hall–Kier alpha value is -2.36. The zero-order valence-electron chi connectivity index (χ0n) is 19.9. The Morgan fingerprint density at radius 1 is 1.09 bits per heavy atom. The molecule has 1 aliphatic heterocycles. The molecule has 8 nitrogen and oxygen atoms in total. The molecule has 2 unspecified atom stereocenters. The molecule has 2 heterocycles. The largest absolute Gasteiger partial charge is 0.462 e. The number of rotatable bonds is 8. The SMILES string of the molecule is Br.O=C(Nc1cnccn1)C(COC(=O)C(O)(c1ccccc1)C1CCCCC1)C1CCNCC1. The van der Waals surface area contributed by atoms with Crippen LogP contribution in [-0.2, 0) is 19.9 Å². The summed E-state index contributed by atoms with van der Waals surface area (Å²) < 4.78 is 5.78. The van der Waals surface area contributed by atoms with Crippen LogP contribution in [-0.4, -0.2) is 46.6 Å². The molecule has 1 aromatic heterocycles. The number of benzene rings is 1. The van der Waals surface area contributed by atoms with E-state index < -0.39 is 17.5 Å². The molecular weight excluding hydrogens is 512 g/mol.